The molecule has 0 saturated heterocycles. The van der Waals surface area contributed by atoms with Crippen molar-refractivity contribution in [3.05, 3.63) is 83.1 Å². The summed E-state index contributed by atoms with van der Waals surface area (Å²) in [6, 6.07) is 13.6. The van der Waals surface area contributed by atoms with Crippen LogP contribution in [-0.4, -0.2) is 35.7 Å². The number of hydrogen-bond acceptors (Lipinski definition) is 8. The van der Waals surface area contributed by atoms with Gasteiger partial charge in [-0.3, -0.25) is 0 Å². The zero-order valence-electron chi connectivity index (χ0n) is 18.3. The smallest absolute Gasteiger partial charge is 0.268 e. The second-order valence-electron chi connectivity index (χ2n) is 7.56. The van der Waals surface area contributed by atoms with Crippen LogP contribution >= 0.6 is 11.6 Å². The first-order valence-corrected chi connectivity index (χ1v) is 12.1. The summed E-state index contributed by atoms with van der Waals surface area (Å²) in [5, 5.41) is 17.7. The Hall–Kier alpha value is -3.43. The fraction of sp³-hybridized carbons (Fsp3) is 0.174. The van der Waals surface area contributed by atoms with Gasteiger partial charge in [0.15, 0.2) is 9.84 Å². The highest BCUT2D eigenvalue weighted by molar-refractivity contribution is 7.90. The number of hydrogen-bond donors (Lipinski definition) is 2. The van der Waals surface area contributed by atoms with E-state index in [1.165, 1.54) is 12.1 Å². The largest absolute Gasteiger partial charge is 0.506 e. The Kier molecular flexibility index (Phi) is 7.04. The van der Waals surface area contributed by atoms with Gasteiger partial charge in [-0.2, -0.15) is 0 Å². The van der Waals surface area contributed by atoms with E-state index in [4.69, 9.17) is 21.8 Å². The van der Waals surface area contributed by atoms with Crippen LogP contribution in [-0.2, 0) is 9.84 Å². The lowest BCUT2D eigenvalue weighted by Crippen LogP contribution is -2.11. The highest BCUT2D eigenvalue weighted by atomic mass is 35.5. The fourth-order valence-corrected chi connectivity index (χ4v) is 3.84. The number of aliphatic hydroxyl groups excluding tert-OH is 1. The molecule has 3 aromatic rings. The van der Waals surface area contributed by atoms with Gasteiger partial charge in [-0.25, -0.2) is 13.4 Å². The number of aliphatic hydroxyl groups is 1. The van der Waals surface area contributed by atoms with Gasteiger partial charge in [-0.15, -0.1) is 10.2 Å². The van der Waals surface area contributed by atoms with Crippen LogP contribution in [0.2, 0.25) is 0 Å². The maximum atomic E-state index is 11.9. The summed E-state index contributed by atoms with van der Waals surface area (Å²) in [7, 11) is -3.43. The third-order valence-electron chi connectivity index (χ3n) is 4.68. The normalized spacial score (nSPS) is 13.2. The van der Waals surface area contributed by atoms with Gasteiger partial charge in [0.2, 0.25) is 5.89 Å². The van der Waals surface area contributed by atoms with Gasteiger partial charge in [0, 0.05) is 11.8 Å². The quantitative estimate of drug-likeness (QED) is 0.276. The molecule has 0 aliphatic carbocycles. The Balaban J connectivity index is 2.18. The molecule has 1 heterocycles. The molecule has 0 aliphatic rings. The van der Waals surface area contributed by atoms with Gasteiger partial charge in [0.1, 0.15) is 11.5 Å². The monoisotopic (exact) mass is 486 g/mol. The molecule has 0 fully saturated rings. The van der Waals surface area contributed by atoms with E-state index in [2.05, 4.69) is 21.8 Å². The molecule has 33 heavy (non-hydrogen) atoms. The average molecular weight is 487 g/mol. The fourth-order valence-electron chi connectivity index (χ4n) is 2.94. The van der Waals surface area contributed by atoms with Gasteiger partial charge in [-0.05, 0) is 35.7 Å². The van der Waals surface area contributed by atoms with E-state index in [0.29, 0.717) is 11.3 Å². The van der Waals surface area contributed by atoms with Crippen molar-refractivity contribution >= 4 is 32.8 Å². The average Bonchev–Trinajstić information content (AvgIpc) is 3.26. The van der Waals surface area contributed by atoms with E-state index in [-0.39, 0.29) is 39.0 Å². The van der Waals surface area contributed by atoms with Crippen molar-refractivity contribution in [2.45, 2.75) is 24.7 Å². The third-order valence-corrected chi connectivity index (χ3v) is 6.18. The first-order chi connectivity index (χ1) is 15.5. The topological polar surface area (TPSA) is 132 Å². The Bertz CT molecular complexity index is 1370. The first-order valence-electron chi connectivity index (χ1n) is 9.85. The van der Waals surface area contributed by atoms with Gasteiger partial charge in [0.25, 0.3) is 5.89 Å². The molecule has 0 spiro atoms. The van der Waals surface area contributed by atoms with E-state index in [0.717, 1.165) is 11.8 Å². The summed E-state index contributed by atoms with van der Waals surface area (Å²) in [5.74, 6) is -0.282. The van der Waals surface area contributed by atoms with Crippen LogP contribution in [0.4, 0.5) is 5.69 Å². The van der Waals surface area contributed by atoms with Crippen molar-refractivity contribution in [3.63, 3.8) is 0 Å². The maximum absolute atomic E-state index is 11.9. The third kappa shape index (κ3) is 5.50. The summed E-state index contributed by atoms with van der Waals surface area (Å²) in [6.07, 6.45) is 1.11. The molecular weight excluding hydrogens is 464 g/mol. The van der Waals surface area contributed by atoms with Crippen LogP contribution in [0.15, 0.2) is 85.9 Å². The van der Waals surface area contributed by atoms with Crippen molar-refractivity contribution in [2.24, 2.45) is 10.7 Å². The van der Waals surface area contributed by atoms with Gasteiger partial charge in [0.05, 0.1) is 21.3 Å². The molecule has 3 N–H and O–H groups in total. The van der Waals surface area contributed by atoms with Crippen molar-refractivity contribution in [1.82, 2.24) is 10.2 Å². The number of benzene rings is 2. The minimum atomic E-state index is -3.43. The predicted molar refractivity (Wildman–Crippen MR) is 128 cm³/mol. The summed E-state index contributed by atoms with van der Waals surface area (Å²) >= 11 is 6.44. The second-order valence-corrected chi connectivity index (χ2v) is 9.95. The van der Waals surface area contributed by atoms with Gasteiger partial charge in [-0.1, -0.05) is 56.3 Å². The Morgan fingerprint density at radius 2 is 1.88 bits per heavy atom. The highest BCUT2D eigenvalue weighted by Gasteiger charge is 2.22. The number of rotatable bonds is 7. The lowest BCUT2D eigenvalue weighted by atomic mass is 10.0. The van der Waals surface area contributed by atoms with Crippen LogP contribution < -0.4 is 5.73 Å². The lowest BCUT2D eigenvalue weighted by Gasteiger charge is -2.11. The minimum Gasteiger partial charge on any atom is -0.506 e. The van der Waals surface area contributed by atoms with Crippen LogP contribution in [0.1, 0.15) is 31.2 Å². The first kappa shape index (κ1) is 24.2. The minimum absolute atomic E-state index is 0.0375. The predicted octanol–water partition coefficient (Wildman–Crippen LogP) is 4.87. The summed E-state index contributed by atoms with van der Waals surface area (Å²) in [4.78, 5) is 4.73. The molecule has 1 aromatic heterocycles. The van der Waals surface area contributed by atoms with Crippen molar-refractivity contribution in [1.29, 1.82) is 0 Å². The van der Waals surface area contributed by atoms with Gasteiger partial charge < -0.3 is 15.3 Å². The van der Waals surface area contributed by atoms with E-state index in [1.54, 1.807) is 18.2 Å². The highest BCUT2D eigenvalue weighted by Crippen LogP contribution is 2.30. The Morgan fingerprint density at radius 1 is 1.18 bits per heavy atom. The van der Waals surface area contributed by atoms with E-state index >= 15 is 0 Å². The number of allylic oxidation sites excluding steroid dienone is 1. The van der Waals surface area contributed by atoms with E-state index in [9.17, 15) is 13.5 Å². The van der Waals surface area contributed by atoms with Gasteiger partial charge >= 0.3 is 0 Å². The number of aromatic nitrogens is 2. The number of nitrogens with zero attached hydrogens (tertiary/aromatic N) is 3. The number of aliphatic imine (C=N–C) groups is 1. The van der Waals surface area contributed by atoms with Crippen LogP contribution in [0.3, 0.4) is 0 Å². The summed E-state index contributed by atoms with van der Waals surface area (Å²) in [5.41, 5.74) is 7.69. The molecule has 0 radical (unpaired) electrons. The van der Waals surface area contributed by atoms with Crippen LogP contribution in [0, 0.1) is 0 Å². The number of para-hydroxylation sites is 1. The zero-order valence-corrected chi connectivity index (χ0v) is 19.9. The Labute approximate surface area is 197 Å². The molecule has 0 bridgehead atoms. The SMILES string of the molecule is C=C(O)C(N)=C(Cl)C(=Nc1ccccc1C(C)C)c1nnc(-c2cccc(S(C)(=O)=O)c2)o1. The van der Waals surface area contributed by atoms with Crippen molar-refractivity contribution in [3.8, 4) is 11.5 Å². The molecule has 0 unspecified atom stereocenters. The van der Waals surface area contributed by atoms with Crippen molar-refractivity contribution in [2.75, 3.05) is 6.26 Å². The maximum Gasteiger partial charge on any atom is 0.268 e. The second kappa shape index (κ2) is 9.60. The number of halogens is 1. The summed E-state index contributed by atoms with van der Waals surface area (Å²) in [6.45, 7) is 7.45. The molecule has 8 nitrogen and oxygen atoms in total. The number of sulfone groups is 1. The molecule has 0 amide bonds. The molecular formula is C23H23ClN4O4S. The van der Waals surface area contributed by atoms with Crippen LogP contribution in [0.5, 0.6) is 0 Å². The molecule has 0 aliphatic heterocycles. The molecule has 0 saturated carbocycles. The Morgan fingerprint density at radius 3 is 2.52 bits per heavy atom. The molecule has 2 aromatic carbocycles. The molecule has 3 rings (SSSR count). The van der Waals surface area contributed by atoms with E-state index < -0.39 is 15.6 Å². The van der Waals surface area contributed by atoms with Crippen molar-refractivity contribution < 1.29 is 17.9 Å². The van der Waals surface area contributed by atoms with Crippen LogP contribution in [0.25, 0.3) is 11.5 Å². The number of nitrogens with two attached hydrogens (primary N) is 1. The zero-order chi connectivity index (χ0) is 24.3. The lowest BCUT2D eigenvalue weighted by molar-refractivity contribution is 0.424. The molecule has 10 heteroatoms. The van der Waals surface area contributed by atoms with E-state index in [1.807, 2.05) is 32.0 Å². The standard InChI is InChI=1S/C23H23ClN4O4S/c1-13(2)17-10-5-6-11-18(17)26-21(19(24)20(25)14(3)29)23-28-27-22(32-23)15-8-7-9-16(12-15)33(4,30)31/h5-13,29H,3,25H2,1-2,4H3. The summed E-state index contributed by atoms with van der Waals surface area (Å²) < 4.78 is 29.6. The molecule has 0 atom stereocenters. The molecule has 172 valence electrons.